The van der Waals surface area contributed by atoms with Crippen LogP contribution < -0.4 is 0 Å². The highest BCUT2D eigenvalue weighted by molar-refractivity contribution is 5.17. The second-order valence-corrected chi connectivity index (χ2v) is 8.86. The number of halogens is 2. The van der Waals surface area contributed by atoms with E-state index in [1.807, 2.05) is 27.7 Å². The SMILES string of the molecule is CCCCCCCCC(CCCc1ccc(F)c(F)c1)C(O)(OC(C)C)OC(C)C. The minimum atomic E-state index is -1.64. The van der Waals surface area contributed by atoms with Crippen molar-refractivity contribution in [3.05, 3.63) is 35.4 Å². The zero-order chi connectivity index (χ0) is 22.6. The minimum Gasteiger partial charge on any atom is -0.343 e. The molecule has 1 atom stereocenters. The Hall–Kier alpha value is -1.04. The summed E-state index contributed by atoms with van der Waals surface area (Å²) in [5, 5.41) is 11.3. The van der Waals surface area contributed by atoms with Crippen LogP contribution >= 0.6 is 0 Å². The van der Waals surface area contributed by atoms with Crippen LogP contribution in [0.4, 0.5) is 8.78 Å². The molecule has 0 fully saturated rings. The molecule has 0 aliphatic rings. The second kappa shape index (κ2) is 14.1. The second-order valence-electron chi connectivity index (χ2n) is 8.86. The molecule has 1 aromatic carbocycles. The number of aliphatic hydroxyl groups is 1. The van der Waals surface area contributed by atoms with Crippen molar-refractivity contribution in [1.29, 1.82) is 0 Å². The first-order valence-corrected chi connectivity index (χ1v) is 11.7. The Bertz CT molecular complexity index is 580. The number of benzene rings is 1. The summed E-state index contributed by atoms with van der Waals surface area (Å²) in [4.78, 5) is 0. The molecule has 0 saturated carbocycles. The zero-order valence-corrected chi connectivity index (χ0v) is 19.6. The average Bonchev–Trinajstić information content (AvgIpc) is 2.64. The Labute approximate surface area is 182 Å². The Morgan fingerprint density at radius 2 is 1.40 bits per heavy atom. The molecule has 30 heavy (non-hydrogen) atoms. The zero-order valence-electron chi connectivity index (χ0n) is 19.6. The minimum absolute atomic E-state index is 0.174. The van der Waals surface area contributed by atoms with Crippen molar-refractivity contribution < 1.29 is 23.4 Å². The summed E-state index contributed by atoms with van der Waals surface area (Å²) in [5.41, 5.74) is 0.755. The molecule has 0 radical (unpaired) electrons. The lowest BCUT2D eigenvalue weighted by atomic mass is 9.91. The standard InChI is InChI=1S/C25H42F2O3/c1-6-7-8-9-10-11-14-22(25(28,29-19(2)3)30-20(4)5)15-12-13-21-16-17-23(26)24(27)18-21/h16-20,22,28H,6-15H2,1-5H3. The summed E-state index contributed by atoms with van der Waals surface area (Å²) < 4.78 is 38.4. The fourth-order valence-corrected chi connectivity index (χ4v) is 3.82. The molecule has 0 aliphatic heterocycles. The molecular weight excluding hydrogens is 386 g/mol. The van der Waals surface area contributed by atoms with E-state index in [1.165, 1.54) is 37.8 Å². The van der Waals surface area contributed by atoms with Gasteiger partial charge in [-0.2, -0.15) is 0 Å². The summed E-state index contributed by atoms with van der Waals surface area (Å²) in [6, 6.07) is 4.03. The summed E-state index contributed by atoms with van der Waals surface area (Å²) in [7, 11) is 0. The first-order chi connectivity index (χ1) is 14.2. The quantitative estimate of drug-likeness (QED) is 0.224. The van der Waals surface area contributed by atoms with Crippen molar-refractivity contribution in [2.45, 2.75) is 117 Å². The van der Waals surface area contributed by atoms with Crippen LogP contribution in [0.2, 0.25) is 0 Å². The summed E-state index contributed by atoms with van der Waals surface area (Å²) in [6.07, 6.45) is 9.54. The lowest BCUT2D eigenvalue weighted by Crippen LogP contribution is -2.47. The lowest BCUT2D eigenvalue weighted by molar-refractivity contribution is -0.407. The van der Waals surface area contributed by atoms with Gasteiger partial charge in [0.05, 0.1) is 12.2 Å². The van der Waals surface area contributed by atoms with Gasteiger partial charge in [-0.15, -0.1) is 0 Å². The molecule has 1 unspecified atom stereocenters. The number of hydrogen-bond acceptors (Lipinski definition) is 3. The Kier molecular flexibility index (Phi) is 12.7. The molecule has 5 heteroatoms. The van der Waals surface area contributed by atoms with Crippen molar-refractivity contribution in [2.75, 3.05) is 0 Å². The van der Waals surface area contributed by atoms with E-state index in [0.29, 0.717) is 12.8 Å². The molecule has 0 saturated heterocycles. The van der Waals surface area contributed by atoms with Gasteiger partial charge in [0.2, 0.25) is 0 Å². The van der Waals surface area contributed by atoms with E-state index in [4.69, 9.17) is 9.47 Å². The monoisotopic (exact) mass is 428 g/mol. The average molecular weight is 429 g/mol. The van der Waals surface area contributed by atoms with Gasteiger partial charge in [0.15, 0.2) is 11.6 Å². The summed E-state index contributed by atoms with van der Waals surface area (Å²) >= 11 is 0. The van der Waals surface area contributed by atoms with E-state index in [2.05, 4.69) is 6.92 Å². The topological polar surface area (TPSA) is 38.7 Å². The molecule has 1 N–H and O–H groups in total. The smallest absolute Gasteiger partial charge is 0.283 e. The van der Waals surface area contributed by atoms with Gasteiger partial charge in [-0.3, -0.25) is 0 Å². The van der Waals surface area contributed by atoms with E-state index >= 15 is 0 Å². The fourth-order valence-electron chi connectivity index (χ4n) is 3.82. The van der Waals surface area contributed by atoms with Gasteiger partial charge in [-0.1, -0.05) is 51.5 Å². The van der Waals surface area contributed by atoms with Gasteiger partial charge in [0.25, 0.3) is 5.97 Å². The highest BCUT2D eigenvalue weighted by Gasteiger charge is 2.40. The third-order valence-electron chi connectivity index (χ3n) is 5.23. The van der Waals surface area contributed by atoms with E-state index in [0.717, 1.165) is 31.2 Å². The molecular formula is C25H42F2O3. The molecule has 0 amide bonds. The van der Waals surface area contributed by atoms with Crippen molar-refractivity contribution in [3.8, 4) is 0 Å². The van der Waals surface area contributed by atoms with Gasteiger partial charge in [0, 0.05) is 5.92 Å². The van der Waals surface area contributed by atoms with Crippen LogP contribution in [-0.4, -0.2) is 23.3 Å². The van der Waals surface area contributed by atoms with Crippen LogP contribution in [0.5, 0.6) is 0 Å². The van der Waals surface area contributed by atoms with Crippen LogP contribution in [0.1, 0.15) is 98.0 Å². The largest absolute Gasteiger partial charge is 0.343 e. The molecule has 0 aliphatic carbocycles. The molecule has 1 aromatic rings. The Morgan fingerprint density at radius 1 is 0.833 bits per heavy atom. The van der Waals surface area contributed by atoms with Gasteiger partial charge in [-0.05, 0) is 71.1 Å². The highest BCUT2D eigenvalue weighted by Crippen LogP contribution is 2.33. The van der Waals surface area contributed by atoms with Gasteiger partial charge < -0.3 is 14.6 Å². The number of aryl methyl sites for hydroxylation is 1. The molecule has 1 rings (SSSR count). The molecule has 0 spiro atoms. The predicted octanol–water partition coefficient (Wildman–Crippen LogP) is 7.15. The van der Waals surface area contributed by atoms with E-state index in [1.54, 1.807) is 6.07 Å². The highest BCUT2D eigenvalue weighted by atomic mass is 19.2. The van der Waals surface area contributed by atoms with E-state index in [-0.39, 0.29) is 18.1 Å². The van der Waals surface area contributed by atoms with Crippen molar-refractivity contribution >= 4 is 0 Å². The molecule has 3 nitrogen and oxygen atoms in total. The Balaban J connectivity index is 2.76. The Morgan fingerprint density at radius 3 is 1.97 bits per heavy atom. The van der Waals surface area contributed by atoms with Crippen LogP contribution in [0.15, 0.2) is 18.2 Å². The number of unbranched alkanes of at least 4 members (excludes halogenated alkanes) is 5. The fraction of sp³-hybridized carbons (Fsp3) is 0.760. The van der Waals surface area contributed by atoms with E-state index in [9.17, 15) is 13.9 Å². The van der Waals surface area contributed by atoms with Gasteiger partial charge in [-0.25, -0.2) is 8.78 Å². The lowest BCUT2D eigenvalue weighted by Gasteiger charge is -2.38. The first-order valence-electron chi connectivity index (χ1n) is 11.7. The summed E-state index contributed by atoms with van der Waals surface area (Å²) in [6.45, 7) is 9.75. The maximum Gasteiger partial charge on any atom is 0.283 e. The molecule has 0 heterocycles. The van der Waals surface area contributed by atoms with Crippen molar-refractivity contribution in [3.63, 3.8) is 0 Å². The predicted molar refractivity (Wildman–Crippen MR) is 118 cm³/mol. The maximum atomic E-state index is 13.5. The van der Waals surface area contributed by atoms with E-state index < -0.39 is 17.6 Å². The number of rotatable bonds is 16. The van der Waals surface area contributed by atoms with Crippen molar-refractivity contribution in [1.82, 2.24) is 0 Å². The molecule has 0 bridgehead atoms. The summed E-state index contributed by atoms with van der Waals surface area (Å²) in [5.74, 6) is -3.47. The van der Waals surface area contributed by atoms with Crippen molar-refractivity contribution in [2.24, 2.45) is 5.92 Å². The first kappa shape index (κ1) is 27.0. The van der Waals surface area contributed by atoms with Gasteiger partial charge in [0.1, 0.15) is 0 Å². The third-order valence-corrected chi connectivity index (χ3v) is 5.23. The van der Waals surface area contributed by atoms with Crippen LogP contribution in [0, 0.1) is 17.6 Å². The number of hydrogen-bond donors (Lipinski definition) is 1. The molecule has 0 aromatic heterocycles. The van der Waals surface area contributed by atoms with Crippen LogP contribution in [0.3, 0.4) is 0 Å². The third kappa shape index (κ3) is 10.3. The van der Waals surface area contributed by atoms with Crippen LogP contribution in [0.25, 0.3) is 0 Å². The maximum absolute atomic E-state index is 13.5. The van der Waals surface area contributed by atoms with Crippen LogP contribution in [-0.2, 0) is 15.9 Å². The normalized spacial score (nSPS) is 13.4. The molecule has 174 valence electrons. The van der Waals surface area contributed by atoms with Gasteiger partial charge >= 0.3 is 0 Å². The number of ether oxygens (including phenoxy) is 2.